The van der Waals surface area contributed by atoms with Crippen LogP contribution in [0.25, 0.3) is 5.69 Å². The predicted octanol–water partition coefficient (Wildman–Crippen LogP) is 4.07. The molecule has 3 aromatic rings. The van der Waals surface area contributed by atoms with Gasteiger partial charge < -0.3 is 4.74 Å². The SMILES string of the molecule is O=C(COC(=O)c1cc(C2CC2)nn1-c1ccccc1)c1ccc(F)c(F)c1. The van der Waals surface area contributed by atoms with Crippen LogP contribution in [0.3, 0.4) is 0 Å². The molecule has 1 fully saturated rings. The summed E-state index contributed by atoms with van der Waals surface area (Å²) in [7, 11) is 0. The monoisotopic (exact) mass is 382 g/mol. The molecule has 0 bridgehead atoms. The second-order valence-corrected chi connectivity index (χ2v) is 6.60. The van der Waals surface area contributed by atoms with E-state index < -0.39 is 30.0 Å². The van der Waals surface area contributed by atoms with E-state index in [0.717, 1.165) is 36.7 Å². The average Bonchev–Trinajstić information content (AvgIpc) is 3.47. The summed E-state index contributed by atoms with van der Waals surface area (Å²) in [5, 5.41) is 4.51. The third kappa shape index (κ3) is 3.69. The Bertz CT molecular complexity index is 1040. The van der Waals surface area contributed by atoms with E-state index in [1.54, 1.807) is 6.07 Å². The van der Waals surface area contributed by atoms with Crippen LogP contribution in [0, 0.1) is 11.6 Å². The highest BCUT2D eigenvalue weighted by Gasteiger charge is 2.29. The molecule has 4 rings (SSSR count). The van der Waals surface area contributed by atoms with Crippen LogP contribution in [-0.2, 0) is 4.74 Å². The minimum Gasteiger partial charge on any atom is -0.453 e. The average molecular weight is 382 g/mol. The maximum absolute atomic E-state index is 13.3. The van der Waals surface area contributed by atoms with Crippen molar-refractivity contribution >= 4 is 11.8 Å². The molecule has 7 heteroatoms. The lowest BCUT2D eigenvalue weighted by molar-refractivity contribution is 0.0465. The van der Waals surface area contributed by atoms with Gasteiger partial charge in [-0.25, -0.2) is 18.3 Å². The molecule has 0 aliphatic heterocycles. The molecule has 28 heavy (non-hydrogen) atoms. The Labute approximate surface area is 159 Å². The van der Waals surface area contributed by atoms with Gasteiger partial charge in [0.1, 0.15) is 0 Å². The molecule has 1 aliphatic rings. The van der Waals surface area contributed by atoms with E-state index in [1.807, 2.05) is 30.3 Å². The number of carbonyl (C=O) groups excluding carboxylic acids is 2. The fraction of sp³-hybridized carbons (Fsp3) is 0.190. The Morgan fingerprint density at radius 3 is 2.46 bits per heavy atom. The zero-order valence-electron chi connectivity index (χ0n) is 14.8. The van der Waals surface area contributed by atoms with Crippen molar-refractivity contribution in [1.29, 1.82) is 0 Å². The van der Waals surface area contributed by atoms with Crippen LogP contribution in [-0.4, -0.2) is 28.1 Å². The number of hydrogen-bond acceptors (Lipinski definition) is 4. The molecule has 2 aromatic carbocycles. The van der Waals surface area contributed by atoms with Crippen molar-refractivity contribution in [3.05, 3.63) is 83.2 Å². The predicted molar refractivity (Wildman–Crippen MR) is 96.5 cm³/mol. The van der Waals surface area contributed by atoms with E-state index in [4.69, 9.17) is 4.74 Å². The molecule has 1 aliphatic carbocycles. The lowest BCUT2D eigenvalue weighted by Gasteiger charge is -2.08. The number of rotatable bonds is 6. The number of ketones is 1. The first kappa shape index (κ1) is 18.0. The van der Waals surface area contributed by atoms with Crippen LogP contribution in [0.15, 0.2) is 54.6 Å². The Morgan fingerprint density at radius 1 is 1.04 bits per heavy atom. The van der Waals surface area contributed by atoms with Gasteiger partial charge in [-0.2, -0.15) is 5.10 Å². The summed E-state index contributed by atoms with van der Waals surface area (Å²) >= 11 is 0. The number of ether oxygens (including phenoxy) is 1. The van der Waals surface area contributed by atoms with E-state index in [0.29, 0.717) is 11.6 Å². The van der Waals surface area contributed by atoms with Crippen molar-refractivity contribution in [2.75, 3.05) is 6.61 Å². The minimum absolute atomic E-state index is 0.0677. The van der Waals surface area contributed by atoms with E-state index in [1.165, 1.54) is 4.68 Å². The number of Topliss-reactive ketones (excluding diaryl/α,β-unsaturated/α-hetero) is 1. The quantitative estimate of drug-likeness (QED) is 0.476. The Hall–Kier alpha value is -3.35. The van der Waals surface area contributed by atoms with Crippen molar-refractivity contribution in [3.8, 4) is 5.69 Å². The number of carbonyl (C=O) groups is 2. The third-order valence-electron chi connectivity index (χ3n) is 4.51. The maximum atomic E-state index is 13.3. The molecule has 0 spiro atoms. The van der Waals surface area contributed by atoms with E-state index >= 15 is 0 Å². The van der Waals surface area contributed by atoms with Crippen LogP contribution in [0.5, 0.6) is 0 Å². The second-order valence-electron chi connectivity index (χ2n) is 6.60. The summed E-state index contributed by atoms with van der Waals surface area (Å²) in [5.41, 5.74) is 1.66. The zero-order chi connectivity index (χ0) is 19.7. The Morgan fingerprint density at radius 2 is 1.79 bits per heavy atom. The number of hydrogen-bond donors (Lipinski definition) is 0. The van der Waals surface area contributed by atoms with Crippen molar-refractivity contribution in [2.24, 2.45) is 0 Å². The fourth-order valence-electron chi connectivity index (χ4n) is 2.85. The highest BCUT2D eigenvalue weighted by atomic mass is 19.2. The molecule has 0 saturated heterocycles. The van der Waals surface area contributed by atoms with E-state index in [2.05, 4.69) is 5.10 Å². The van der Waals surface area contributed by atoms with Crippen LogP contribution in [0.2, 0.25) is 0 Å². The number of benzene rings is 2. The van der Waals surface area contributed by atoms with Crippen molar-refractivity contribution < 1.29 is 23.1 Å². The van der Waals surface area contributed by atoms with Crippen LogP contribution in [0.4, 0.5) is 8.78 Å². The van der Waals surface area contributed by atoms with Crippen molar-refractivity contribution in [2.45, 2.75) is 18.8 Å². The topological polar surface area (TPSA) is 61.2 Å². The number of esters is 1. The van der Waals surface area contributed by atoms with Gasteiger partial charge in [0.2, 0.25) is 0 Å². The molecular formula is C21H16F2N2O3. The van der Waals surface area contributed by atoms with E-state index in [-0.39, 0.29) is 11.3 Å². The van der Waals surface area contributed by atoms with Crippen molar-refractivity contribution in [3.63, 3.8) is 0 Å². The first-order chi connectivity index (χ1) is 13.5. The molecule has 5 nitrogen and oxygen atoms in total. The van der Waals surface area contributed by atoms with Gasteiger partial charge in [0.15, 0.2) is 29.7 Å². The summed E-state index contributed by atoms with van der Waals surface area (Å²) < 4.78 is 32.9. The minimum atomic E-state index is -1.13. The van der Waals surface area contributed by atoms with Gasteiger partial charge in [0.25, 0.3) is 0 Å². The molecule has 1 saturated carbocycles. The second kappa shape index (κ2) is 7.34. The first-order valence-corrected chi connectivity index (χ1v) is 8.83. The zero-order valence-corrected chi connectivity index (χ0v) is 14.8. The fourth-order valence-corrected chi connectivity index (χ4v) is 2.85. The van der Waals surface area contributed by atoms with Crippen molar-refractivity contribution in [1.82, 2.24) is 9.78 Å². The van der Waals surface area contributed by atoms with Crippen LogP contribution >= 0.6 is 0 Å². The van der Waals surface area contributed by atoms with Crippen LogP contribution < -0.4 is 0 Å². The summed E-state index contributed by atoms with van der Waals surface area (Å²) in [5.74, 6) is -3.18. The van der Waals surface area contributed by atoms with Gasteiger partial charge in [-0.15, -0.1) is 0 Å². The number of aromatic nitrogens is 2. The summed E-state index contributed by atoms with van der Waals surface area (Å²) in [6, 6.07) is 13.6. The van der Waals surface area contributed by atoms with Gasteiger partial charge in [-0.05, 0) is 49.2 Å². The molecule has 142 valence electrons. The van der Waals surface area contributed by atoms with Gasteiger partial charge in [-0.3, -0.25) is 4.79 Å². The lowest BCUT2D eigenvalue weighted by atomic mass is 10.1. The molecule has 0 unspecified atom stereocenters. The molecule has 0 atom stereocenters. The number of para-hydroxylation sites is 1. The number of halogens is 2. The smallest absolute Gasteiger partial charge is 0.357 e. The summed E-state index contributed by atoms with van der Waals surface area (Å²) in [4.78, 5) is 24.7. The molecule has 1 heterocycles. The molecular weight excluding hydrogens is 366 g/mol. The Balaban J connectivity index is 1.53. The Kier molecular flexibility index (Phi) is 4.73. The van der Waals surface area contributed by atoms with Crippen LogP contribution in [0.1, 0.15) is 45.3 Å². The van der Waals surface area contributed by atoms with Gasteiger partial charge in [0, 0.05) is 11.5 Å². The van der Waals surface area contributed by atoms with Gasteiger partial charge >= 0.3 is 5.97 Å². The summed E-state index contributed by atoms with van der Waals surface area (Å²) in [6.45, 7) is -0.581. The highest BCUT2D eigenvalue weighted by molar-refractivity contribution is 5.99. The first-order valence-electron chi connectivity index (χ1n) is 8.83. The number of nitrogens with zero attached hydrogens (tertiary/aromatic N) is 2. The molecule has 0 radical (unpaired) electrons. The third-order valence-corrected chi connectivity index (χ3v) is 4.51. The summed E-state index contributed by atoms with van der Waals surface area (Å²) in [6.07, 6.45) is 2.05. The largest absolute Gasteiger partial charge is 0.453 e. The molecule has 0 N–H and O–H groups in total. The normalized spacial score (nSPS) is 13.4. The lowest BCUT2D eigenvalue weighted by Crippen LogP contribution is -2.17. The molecule has 1 aromatic heterocycles. The standard InChI is InChI=1S/C21H16F2N2O3/c22-16-9-8-14(10-17(16)23)20(26)12-28-21(27)19-11-18(13-6-7-13)24-25(19)15-4-2-1-3-5-15/h1-5,8-11,13H,6-7,12H2. The van der Waals surface area contributed by atoms with Gasteiger partial charge in [0.05, 0.1) is 11.4 Å². The maximum Gasteiger partial charge on any atom is 0.357 e. The van der Waals surface area contributed by atoms with E-state index in [9.17, 15) is 18.4 Å². The highest BCUT2D eigenvalue weighted by Crippen LogP contribution is 2.39. The van der Waals surface area contributed by atoms with Gasteiger partial charge in [-0.1, -0.05) is 18.2 Å². The molecule has 0 amide bonds.